The minimum atomic E-state index is -0.349. The van der Waals surface area contributed by atoms with Crippen molar-refractivity contribution in [2.24, 2.45) is 0 Å². The van der Waals surface area contributed by atoms with Crippen LogP contribution in [0.4, 0.5) is 0 Å². The summed E-state index contributed by atoms with van der Waals surface area (Å²) in [6, 6.07) is 3.74. The molecule has 0 saturated heterocycles. The fourth-order valence-electron chi connectivity index (χ4n) is 1.80. The molecule has 0 N–H and O–H groups in total. The van der Waals surface area contributed by atoms with Crippen molar-refractivity contribution in [3.63, 3.8) is 0 Å². The molecule has 3 heteroatoms. The Balaban J connectivity index is 2.33. The van der Waals surface area contributed by atoms with E-state index >= 15 is 0 Å². The first-order valence-corrected chi connectivity index (χ1v) is 4.88. The van der Waals surface area contributed by atoms with Crippen molar-refractivity contribution in [1.29, 1.82) is 0 Å². The zero-order valence-corrected chi connectivity index (χ0v) is 8.25. The normalized spacial score (nSPS) is 14.6. The summed E-state index contributed by atoms with van der Waals surface area (Å²) in [5.41, 5.74) is 2.77. The Bertz CT molecular complexity index is 360. The first-order chi connectivity index (χ1) is 6.81. The van der Waals surface area contributed by atoms with Gasteiger partial charge in [-0.05, 0) is 37.3 Å². The average molecular weight is 191 g/mol. The Labute approximate surface area is 83.1 Å². The van der Waals surface area contributed by atoms with E-state index in [0.29, 0.717) is 5.69 Å². The van der Waals surface area contributed by atoms with Crippen LogP contribution in [0.3, 0.4) is 0 Å². The highest BCUT2D eigenvalue weighted by Gasteiger charge is 2.14. The molecular formula is C11H13NO2. The van der Waals surface area contributed by atoms with Gasteiger partial charge < -0.3 is 4.74 Å². The van der Waals surface area contributed by atoms with Crippen molar-refractivity contribution in [1.82, 2.24) is 4.98 Å². The summed E-state index contributed by atoms with van der Waals surface area (Å²) in [5.74, 6) is -0.349. The number of nitrogens with zero attached hydrogens (tertiary/aromatic N) is 1. The minimum Gasteiger partial charge on any atom is -0.464 e. The smallest absolute Gasteiger partial charge is 0.356 e. The predicted octanol–water partition coefficient (Wildman–Crippen LogP) is 1.75. The molecule has 14 heavy (non-hydrogen) atoms. The van der Waals surface area contributed by atoms with E-state index in [-0.39, 0.29) is 5.97 Å². The summed E-state index contributed by atoms with van der Waals surface area (Å²) in [6.07, 6.45) is 4.47. The summed E-state index contributed by atoms with van der Waals surface area (Å²) in [5, 5.41) is 0. The molecule has 0 fully saturated rings. The van der Waals surface area contributed by atoms with Gasteiger partial charge in [0.15, 0.2) is 0 Å². The number of carbonyl (C=O) groups excluding carboxylic acids is 1. The lowest BCUT2D eigenvalue weighted by molar-refractivity contribution is 0.0593. The molecule has 1 heterocycles. The maximum atomic E-state index is 11.2. The molecule has 0 aliphatic heterocycles. The standard InChI is InChI=1S/C11H13NO2/c1-14-11(13)10-7-6-8-4-2-3-5-9(8)12-10/h6-7H,2-5H2,1H3. The summed E-state index contributed by atoms with van der Waals surface area (Å²) in [7, 11) is 1.38. The third-order valence-corrected chi connectivity index (χ3v) is 2.57. The Hall–Kier alpha value is -1.38. The molecule has 0 spiro atoms. The van der Waals surface area contributed by atoms with E-state index in [1.54, 1.807) is 6.07 Å². The van der Waals surface area contributed by atoms with E-state index in [0.717, 1.165) is 18.5 Å². The molecule has 0 atom stereocenters. The van der Waals surface area contributed by atoms with Crippen LogP contribution in [0, 0.1) is 0 Å². The minimum absolute atomic E-state index is 0.349. The summed E-state index contributed by atoms with van der Waals surface area (Å²) < 4.78 is 4.63. The van der Waals surface area contributed by atoms with Crippen molar-refractivity contribution in [3.05, 3.63) is 29.1 Å². The van der Waals surface area contributed by atoms with Crippen LogP contribution in [-0.4, -0.2) is 18.1 Å². The van der Waals surface area contributed by atoms with E-state index < -0.39 is 0 Å². The summed E-state index contributed by atoms with van der Waals surface area (Å²) in [4.78, 5) is 15.5. The van der Waals surface area contributed by atoms with Crippen LogP contribution < -0.4 is 0 Å². The van der Waals surface area contributed by atoms with Gasteiger partial charge in [0.25, 0.3) is 0 Å². The van der Waals surface area contributed by atoms with Crippen molar-refractivity contribution in [2.45, 2.75) is 25.7 Å². The zero-order valence-electron chi connectivity index (χ0n) is 8.25. The van der Waals surface area contributed by atoms with Crippen LogP contribution in [0.25, 0.3) is 0 Å². The molecule has 1 aromatic heterocycles. The number of esters is 1. The first-order valence-electron chi connectivity index (χ1n) is 4.88. The fraction of sp³-hybridized carbons (Fsp3) is 0.455. The van der Waals surface area contributed by atoms with Gasteiger partial charge in [-0.15, -0.1) is 0 Å². The van der Waals surface area contributed by atoms with Crippen LogP contribution in [0.5, 0.6) is 0 Å². The summed E-state index contributed by atoms with van der Waals surface area (Å²) in [6.45, 7) is 0. The van der Waals surface area contributed by atoms with Crippen molar-refractivity contribution >= 4 is 5.97 Å². The highest BCUT2D eigenvalue weighted by atomic mass is 16.5. The van der Waals surface area contributed by atoms with Gasteiger partial charge >= 0.3 is 5.97 Å². The third kappa shape index (κ3) is 1.62. The quantitative estimate of drug-likeness (QED) is 0.635. The highest BCUT2D eigenvalue weighted by molar-refractivity contribution is 5.87. The second-order valence-electron chi connectivity index (χ2n) is 3.50. The van der Waals surface area contributed by atoms with Gasteiger partial charge in [-0.3, -0.25) is 0 Å². The molecule has 3 nitrogen and oxygen atoms in total. The lowest BCUT2D eigenvalue weighted by Crippen LogP contribution is -2.11. The van der Waals surface area contributed by atoms with Crippen LogP contribution >= 0.6 is 0 Å². The number of aromatic nitrogens is 1. The van der Waals surface area contributed by atoms with Crippen molar-refractivity contribution < 1.29 is 9.53 Å². The number of fused-ring (bicyclic) bond motifs is 1. The third-order valence-electron chi connectivity index (χ3n) is 2.57. The van der Waals surface area contributed by atoms with Crippen LogP contribution in [0.2, 0.25) is 0 Å². The molecule has 1 aromatic rings. The number of aryl methyl sites for hydroxylation is 2. The molecule has 0 amide bonds. The number of hydrogen-bond donors (Lipinski definition) is 0. The zero-order chi connectivity index (χ0) is 9.97. The van der Waals surface area contributed by atoms with E-state index in [9.17, 15) is 4.79 Å². The van der Waals surface area contributed by atoms with Crippen molar-refractivity contribution in [3.8, 4) is 0 Å². The second-order valence-corrected chi connectivity index (χ2v) is 3.50. The van der Waals surface area contributed by atoms with Gasteiger partial charge in [0, 0.05) is 5.69 Å². The molecule has 0 aromatic carbocycles. The van der Waals surface area contributed by atoms with Gasteiger partial charge in [0.1, 0.15) is 5.69 Å². The molecule has 0 bridgehead atoms. The van der Waals surface area contributed by atoms with E-state index in [2.05, 4.69) is 9.72 Å². The van der Waals surface area contributed by atoms with Crippen LogP contribution in [0.15, 0.2) is 12.1 Å². The molecule has 1 aliphatic carbocycles. The maximum absolute atomic E-state index is 11.2. The van der Waals surface area contributed by atoms with E-state index in [4.69, 9.17) is 0 Å². The van der Waals surface area contributed by atoms with Crippen LogP contribution in [-0.2, 0) is 17.6 Å². The van der Waals surface area contributed by atoms with Crippen molar-refractivity contribution in [2.75, 3.05) is 7.11 Å². The van der Waals surface area contributed by atoms with Gasteiger partial charge in [-0.25, -0.2) is 9.78 Å². The fourth-order valence-corrected chi connectivity index (χ4v) is 1.80. The van der Waals surface area contributed by atoms with Crippen LogP contribution in [0.1, 0.15) is 34.6 Å². The maximum Gasteiger partial charge on any atom is 0.356 e. The molecule has 0 radical (unpaired) electrons. The topological polar surface area (TPSA) is 39.2 Å². The SMILES string of the molecule is COC(=O)c1ccc2c(n1)CCCC2. The van der Waals surface area contributed by atoms with E-state index in [1.807, 2.05) is 6.07 Å². The monoisotopic (exact) mass is 191 g/mol. The van der Waals surface area contributed by atoms with Gasteiger partial charge in [-0.2, -0.15) is 0 Å². The summed E-state index contributed by atoms with van der Waals surface area (Å²) >= 11 is 0. The number of pyridine rings is 1. The number of hydrogen-bond acceptors (Lipinski definition) is 3. The molecule has 1 aliphatic rings. The van der Waals surface area contributed by atoms with Gasteiger partial charge in [0.05, 0.1) is 7.11 Å². The average Bonchev–Trinajstić information content (AvgIpc) is 2.27. The Morgan fingerprint density at radius 1 is 1.36 bits per heavy atom. The number of methoxy groups -OCH3 is 1. The molecule has 74 valence electrons. The lowest BCUT2D eigenvalue weighted by Gasteiger charge is -2.14. The first kappa shape index (κ1) is 9.19. The Morgan fingerprint density at radius 3 is 2.93 bits per heavy atom. The lowest BCUT2D eigenvalue weighted by atomic mass is 9.96. The van der Waals surface area contributed by atoms with Gasteiger partial charge in [-0.1, -0.05) is 6.07 Å². The molecule has 2 rings (SSSR count). The van der Waals surface area contributed by atoms with E-state index in [1.165, 1.54) is 25.5 Å². The van der Waals surface area contributed by atoms with Gasteiger partial charge in [0.2, 0.25) is 0 Å². The number of carbonyl (C=O) groups is 1. The predicted molar refractivity (Wildman–Crippen MR) is 52.2 cm³/mol. The highest BCUT2D eigenvalue weighted by Crippen LogP contribution is 2.19. The number of rotatable bonds is 1. The largest absolute Gasteiger partial charge is 0.464 e. The second kappa shape index (κ2) is 3.78. The number of ether oxygens (including phenoxy) is 1. The Kier molecular flexibility index (Phi) is 2.48. The molecule has 0 unspecified atom stereocenters. The Morgan fingerprint density at radius 2 is 2.14 bits per heavy atom. The molecular weight excluding hydrogens is 178 g/mol. The molecule has 0 saturated carbocycles.